The molecule has 2 aromatic carbocycles. The highest BCUT2D eigenvalue weighted by molar-refractivity contribution is 6.31. The van der Waals surface area contributed by atoms with Crippen LogP contribution < -0.4 is 15.1 Å². The summed E-state index contributed by atoms with van der Waals surface area (Å²) in [7, 11) is 0. The van der Waals surface area contributed by atoms with Gasteiger partial charge in [0.2, 0.25) is 0 Å². The van der Waals surface area contributed by atoms with E-state index in [1.165, 1.54) is 15.4 Å². The van der Waals surface area contributed by atoms with E-state index in [0.717, 1.165) is 37.7 Å². The van der Waals surface area contributed by atoms with Gasteiger partial charge in [-0.15, -0.1) is 0 Å². The topological polar surface area (TPSA) is 61.8 Å². The van der Waals surface area contributed by atoms with Gasteiger partial charge in [-0.3, -0.25) is 4.79 Å². The number of benzene rings is 2. The first kappa shape index (κ1) is 19.7. The Labute approximate surface area is 169 Å². The highest BCUT2D eigenvalue weighted by Crippen LogP contribution is 2.20. The third-order valence-electron chi connectivity index (χ3n) is 4.79. The summed E-state index contributed by atoms with van der Waals surface area (Å²) in [5.74, 6) is -0.0953. The number of amides is 1. The van der Waals surface area contributed by atoms with E-state index in [4.69, 9.17) is 28.5 Å². The molecule has 5 nitrogen and oxygen atoms in total. The van der Waals surface area contributed by atoms with Crippen molar-refractivity contribution in [1.82, 2.24) is 0 Å². The third kappa shape index (κ3) is 5.69. The van der Waals surface area contributed by atoms with Crippen molar-refractivity contribution in [2.75, 3.05) is 38.0 Å². The number of anilines is 1. The molecular weight excluding hydrogens is 383 g/mol. The van der Waals surface area contributed by atoms with E-state index < -0.39 is 0 Å². The minimum Gasteiger partial charge on any atom is -0.322 e. The molecule has 0 saturated carbocycles. The molecule has 0 atom stereocenters. The fourth-order valence-corrected chi connectivity index (χ4v) is 3.77. The number of carbonyl (C=O) groups excluding carboxylic acids is 1. The average molecular weight is 405 g/mol. The van der Waals surface area contributed by atoms with Gasteiger partial charge in [0.1, 0.15) is 38.8 Å². The lowest BCUT2D eigenvalue weighted by atomic mass is 10.2. The summed E-state index contributed by atoms with van der Waals surface area (Å²) in [6.45, 7) is 5.23. The van der Waals surface area contributed by atoms with Crippen LogP contribution in [0.3, 0.4) is 0 Å². The number of hydrogen-bond donors (Lipinski definition) is 3. The minimum atomic E-state index is -0.0953. The Morgan fingerprint density at radius 3 is 2.44 bits per heavy atom. The molecule has 1 aliphatic rings. The Balaban J connectivity index is 1.48. The first-order valence-corrected chi connectivity index (χ1v) is 9.70. The summed E-state index contributed by atoms with van der Waals surface area (Å²) < 4.78 is 0. The van der Waals surface area contributed by atoms with Crippen LogP contribution >= 0.6 is 23.2 Å². The summed E-state index contributed by atoms with van der Waals surface area (Å²) in [6.07, 6.45) is 0. The normalized spacial score (nSPS) is 19.3. The molecule has 0 aromatic heterocycles. The van der Waals surface area contributed by atoms with Gasteiger partial charge in [-0.25, -0.2) is 0 Å². The molecular formula is C20H22Cl2N4O+2. The number of rotatable bonds is 5. The molecule has 3 N–H and O–H groups in total. The van der Waals surface area contributed by atoms with E-state index in [-0.39, 0.29) is 5.91 Å². The van der Waals surface area contributed by atoms with Crippen molar-refractivity contribution in [3.63, 3.8) is 0 Å². The van der Waals surface area contributed by atoms with Crippen LogP contribution in [0, 0.1) is 11.3 Å². The number of nitrogens with zero attached hydrogens (tertiary/aromatic N) is 1. The second-order valence-electron chi connectivity index (χ2n) is 6.83. The summed E-state index contributed by atoms with van der Waals surface area (Å²) >= 11 is 12.0. The van der Waals surface area contributed by atoms with Crippen molar-refractivity contribution in [2.45, 2.75) is 6.54 Å². The maximum absolute atomic E-state index is 12.4. The molecule has 0 aliphatic carbocycles. The van der Waals surface area contributed by atoms with Crippen LogP contribution in [0.5, 0.6) is 0 Å². The maximum atomic E-state index is 12.4. The number of nitrogens with one attached hydrogen (secondary N) is 3. The first-order valence-electron chi connectivity index (χ1n) is 8.94. The molecule has 1 amide bonds. The predicted molar refractivity (Wildman–Crippen MR) is 106 cm³/mol. The molecule has 7 heteroatoms. The van der Waals surface area contributed by atoms with Crippen LogP contribution in [0.15, 0.2) is 42.5 Å². The molecule has 1 saturated heterocycles. The van der Waals surface area contributed by atoms with E-state index in [1.54, 1.807) is 18.2 Å². The maximum Gasteiger partial charge on any atom is 0.279 e. The van der Waals surface area contributed by atoms with E-state index in [1.807, 2.05) is 18.2 Å². The molecule has 27 heavy (non-hydrogen) atoms. The Kier molecular flexibility index (Phi) is 6.70. The van der Waals surface area contributed by atoms with E-state index in [0.29, 0.717) is 22.8 Å². The summed E-state index contributed by atoms with van der Waals surface area (Å²) in [5.41, 5.74) is 2.13. The van der Waals surface area contributed by atoms with Crippen molar-refractivity contribution in [1.29, 1.82) is 5.26 Å². The van der Waals surface area contributed by atoms with Gasteiger partial charge in [0.25, 0.3) is 5.91 Å². The molecule has 1 aliphatic heterocycles. The Bertz CT molecular complexity index is 857. The lowest BCUT2D eigenvalue weighted by Crippen LogP contribution is -3.28. The fraction of sp³-hybridized carbons (Fsp3) is 0.300. The first-order chi connectivity index (χ1) is 13.0. The molecule has 140 valence electrons. The van der Waals surface area contributed by atoms with Crippen molar-refractivity contribution >= 4 is 34.8 Å². The van der Waals surface area contributed by atoms with E-state index in [9.17, 15) is 4.79 Å². The van der Waals surface area contributed by atoms with E-state index >= 15 is 0 Å². The lowest BCUT2D eigenvalue weighted by molar-refractivity contribution is -1.02. The summed E-state index contributed by atoms with van der Waals surface area (Å²) in [5, 5.41) is 13.2. The molecule has 0 spiro atoms. The Hall–Kier alpha value is -2.10. The van der Waals surface area contributed by atoms with Gasteiger partial charge in [-0.1, -0.05) is 35.3 Å². The molecule has 3 rings (SSSR count). The van der Waals surface area contributed by atoms with Crippen LogP contribution in [0.1, 0.15) is 11.1 Å². The van der Waals surface area contributed by atoms with Gasteiger partial charge < -0.3 is 15.1 Å². The van der Waals surface area contributed by atoms with Gasteiger partial charge in [0, 0.05) is 15.6 Å². The van der Waals surface area contributed by atoms with E-state index in [2.05, 4.69) is 17.5 Å². The van der Waals surface area contributed by atoms with Gasteiger partial charge in [-0.05, 0) is 30.3 Å². The Morgan fingerprint density at radius 2 is 1.74 bits per heavy atom. The van der Waals surface area contributed by atoms with Gasteiger partial charge in [0.05, 0.1) is 11.3 Å². The second kappa shape index (κ2) is 9.20. The average Bonchev–Trinajstić information content (AvgIpc) is 2.63. The second-order valence-corrected chi connectivity index (χ2v) is 7.71. The highest BCUT2D eigenvalue weighted by Gasteiger charge is 2.25. The smallest absolute Gasteiger partial charge is 0.279 e. The molecule has 0 unspecified atom stereocenters. The fourth-order valence-electron chi connectivity index (χ4n) is 3.39. The van der Waals surface area contributed by atoms with Crippen LogP contribution in [-0.4, -0.2) is 38.6 Å². The predicted octanol–water partition coefficient (Wildman–Crippen LogP) is 0.787. The van der Waals surface area contributed by atoms with Gasteiger partial charge in [-0.2, -0.15) is 5.26 Å². The van der Waals surface area contributed by atoms with Crippen LogP contribution in [0.25, 0.3) is 0 Å². The zero-order valence-corrected chi connectivity index (χ0v) is 16.4. The number of hydrogen-bond acceptors (Lipinski definition) is 2. The summed E-state index contributed by atoms with van der Waals surface area (Å²) in [4.78, 5) is 15.1. The third-order valence-corrected chi connectivity index (χ3v) is 5.26. The van der Waals surface area contributed by atoms with Crippen LogP contribution in [-0.2, 0) is 11.3 Å². The monoisotopic (exact) mass is 404 g/mol. The molecule has 0 bridgehead atoms. The van der Waals surface area contributed by atoms with Gasteiger partial charge >= 0.3 is 0 Å². The number of nitriles is 1. The SMILES string of the molecule is N#Cc1ccc(Cl)cc1NC(=O)C[NH+]1CC[NH+](Cc2cccc(Cl)c2)CC1. The number of quaternary nitrogens is 2. The number of carbonyl (C=O) groups is 1. The number of halogens is 2. The zero-order chi connectivity index (χ0) is 19.2. The Morgan fingerprint density at radius 1 is 1.04 bits per heavy atom. The van der Waals surface area contributed by atoms with Crippen LogP contribution in [0.4, 0.5) is 5.69 Å². The standard InChI is InChI=1S/C20H20Cl2N4O/c21-17-3-1-2-15(10-17)13-25-6-8-26(9-7-25)14-20(27)24-19-11-18(22)5-4-16(19)12-23/h1-5,10-11H,6-9,13-14H2,(H,24,27)/p+2. The van der Waals surface area contributed by atoms with Crippen molar-refractivity contribution in [3.05, 3.63) is 63.6 Å². The van der Waals surface area contributed by atoms with Crippen molar-refractivity contribution in [2.24, 2.45) is 0 Å². The highest BCUT2D eigenvalue weighted by atomic mass is 35.5. The quantitative estimate of drug-likeness (QED) is 0.689. The van der Waals surface area contributed by atoms with Crippen molar-refractivity contribution in [3.8, 4) is 6.07 Å². The molecule has 0 radical (unpaired) electrons. The van der Waals surface area contributed by atoms with Crippen LogP contribution in [0.2, 0.25) is 10.0 Å². The molecule has 2 aromatic rings. The summed E-state index contributed by atoms with van der Waals surface area (Å²) in [6, 6.07) is 14.9. The largest absolute Gasteiger partial charge is 0.322 e. The number of piperazine rings is 1. The lowest BCUT2D eigenvalue weighted by Gasteiger charge is -2.29. The minimum absolute atomic E-state index is 0.0953. The zero-order valence-electron chi connectivity index (χ0n) is 14.9. The van der Waals surface area contributed by atoms with Gasteiger partial charge in [0.15, 0.2) is 6.54 Å². The molecule has 1 fully saturated rings. The molecule has 1 heterocycles. The van der Waals surface area contributed by atoms with Crippen molar-refractivity contribution < 1.29 is 14.6 Å².